The molecule has 0 aliphatic carbocycles. The molecule has 178 valence electrons. The Labute approximate surface area is 197 Å². The van der Waals surface area contributed by atoms with Gasteiger partial charge in [-0.15, -0.1) is 0 Å². The van der Waals surface area contributed by atoms with Crippen molar-refractivity contribution in [3.63, 3.8) is 0 Å². The molecule has 0 spiro atoms. The van der Waals surface area contributed by atoms with Crippen molar-refractivity contribution in [2.75, 3.05) is 19.6 Å². The zero-order chi connectivity index (χ0) is 24.4. The first-order valence-corrected chi connectivity index (χ1v) is 12.1. The molecule has 0 saturated carbocycles. The van der Waals surface area contributed by atoms with Gasteiger partial charge in [-0.2, -0.15) is 17.5 Å². The fourth-order valence-corrected chi connectivity index (χ4v) is 5.25. The number of halogens is 4. The minimum absolute atomic E-state index is 0.00233. The summed E-state index contributed by atoms with van der Waals surface area (Å²) in [5.74, 6) is -0.947. The van der Waals surface area contributed by atoms with E-state index in [1.807, 2.05) is 0 Å². The van der Waals surface area contributed by atoms with Crippen LogP contribution in [0.4, 0.5) is 13.2 Å². The van der Waals surface area contributed by atoms with Crippen LogP contribution in [0, 0.1) is 0 Å². The van der Waals surface area contributed by atoms with E-state index in [1.54, 1.807) is 12.1 Å². The monoisotopic (exact) mass is 547 g/mol. The van der Waals surface area contributed by atoms with Gasteiger partial charge in [0.15, 0.2) is 0 Å². The minimum Gasteiger partial charge on any atom is -0.351 e. The SMILES string of the molecule is CC(=O)N1CCN(S(=O)(=O)c2ccc(Br)cc2)C(C(=O)NCc2ccc(C(F)(F)F)cc2)C1. The molecule has 7 nitrogen and oxygen atoms in total. The van der Waals surface area contributed by atoms with Crippen molar-refractivity contribution in [2.24, 2.45) is 0 Å². The third-order valence-corrected chi connectivity index (χ3v) is 7.70. The Morgan fingerprint density at radius 1 is 1.06 bits per heavy atom. The van der Waals surface area contributed by atoms with Crippen LogP contribution in [0.1, 0.15) is 18.1 Å². The number of hydrogen-bond donors (Lipinski definition) is 1. The zero-order valence-corrected chi connectivity index (χ0v) is 19.9. The van der Waals surface area contributed by atoms with E-state index >= 15 is 0 Å². The maximum absolute atomic E-state index is 13.2. The molecule has 0 radical (unpaired) electrons. The zero-order valence-electron chi connectivity index (χ0n) is 17.5. The van der Waals surface area contributed by atoms with Gasteiger partial charge in [0.2, 0.25) is 21.8 Å². The lowest BCUT2D eigenvalue weighted by atomic mass is 10.1. The molecule has 0 bridgehead atoms. The van der Waals surface area contributed by atoms with Crippen molar-refractivity contribution in [1.82, 2.24) is 14.5 Å². The molecule has 2 aromatic rings. The number of hydrogen-bond acceptors (Lipinski definition) is 4. The first-order valence-electron chi connectivity index (χ1n) is 9.86. The summed E-state index contributed by atoms with van der Waals surface area (Å²) in [5.41, 5.74) is -0.397. The molecule has 1 atom stereocenters. The van der Waals surface area contributed by atoms with E-state index in [2.05, 4.69) is 21.2 Å². The number of carbonyl (C=O) groups excluding carboxylic acids is 2. The molecule has 33 heavy (non-hydrogen) atoms. The van der Waals surface area contributed by atoms with Crippen LogP contribution in [0.25, 0.3) is 0 Å². The fourth-order valence-electron chi connectivity index (χ4n) is 3.41. The van der Waals surface area contributed by atoms with Gasteiger partial charge in [-0.05, 0) is 42.0 Å². The first-order chi connectivity index (χ1) is 15.4. The predicted octanol–water partition coefficient (Wildman–Crippen LogP) is 3.01. The van der Waals surface area contributed by atoms with Crippen molar-refractivity contribution < 1.29 is 31.2 Å². The molecule has 1 aliphatic heterocycles. The third-order valence-electron chi connectivity index (χ3n) is 5.25. The van der Waals surface area contributed by atoms with E-state index in [-0.39, 0.29) is 37.0 Å². The van der Waals surface area contributed by atoms with Crippen LogP contribution in [0.2, 0.25) is 0 Å². The van der Waals surface area contributed by atoms with Gasteiger partial charge in [0.25, 0.3) is 0 Å². The molecule has 2 amide bonds. The summed E-state index contributed by atoms with van der Waals surface area (Å²) in [4.78, 5) is 26.2. The molecule has 1 saturated heterocycles. The first kappa shape index (κ1) is 25.2. The van der Waals surface area contributed by atoms with Gasteiger partial charge < -0.3 is 10.2 Å². The van der Waals surface area contributed by atoms with Crippen LogP contribution in [-0.2, 0) is 32.3 Å². The van der Waals surface area contributed by atoms with E-state index < -0.39 is 33.7 Å². The number of sulfonamides is 1. The highest BCUT2D eigenvalue weighted by atomic mass is 79.9. The van der Waals surface area contributed by atoms with Crippen molar-refractivity contribution in [3.8, 4) is 0 Å². The van der Waals surface area contributed by atoms with Crippen LogP contribution in [0.5, 0.6) is 0 Å². The van der Waals surface area contributed by atoms with E-state index in [4.69, 9.17) is 0 Å². The largest absolute Gasteiger partial charge is 0.416 e. The van der Waals surface area contributed by atoms with E-state index in [1.165, 1.54) is 36.1 Å². The number of piperazine rings is 1. The molecule has 1 N–H and O–H groups in total. The van der Waals surface area contributed by atoms with E-state index in [9.17, 15) is 31.2 Å². The summed E-state index contributed by atoms with van der Waals surface area (Å²) < 4.78 is 66.4. The number of nitrogens with zero attached hydrogens (tertiary/aromatic N) is 2. The third kappa shape index (κ3) is 5.92. The summed E-state index contributed by atoms with van der Waals surface area (Å²) in [6.07, 6.45) is -4.47. The highest BCUT2D eigenvalue weighted by molar-refractivity contribution is 9.10. The van der Waals surface area contributed by atoms with Crippen LogP contribution in [0.3, 0.4) is 0 Å². The highest BCUT2D eigenvalue weighted by Gasteiger charge is 2.40. The molecule has 2 aromatic carbocycles. The smallest absolute Gasteiger partial charge is 0.351 e. The van der Waals surface area contributed by atoms with Crippen LogP contribution in [-0.4, -0.2) is 55.1 Å². The molecule has 1 fully saturated rings. The number of carbonyl (C=O) groups is 2. The van der Waals surface area contributed by atoms with Crippen LogP contribution >= 0.6 is 15.9 Å². The number of rotatable bonds is 5. The Morgan fingerprint density at radius 2 is 1.67 bits per heavy atom. The predicted molar refractivity (Wildman–Crippen MR) is 117 cm³/mol. The maximum Gasteiger partial charge on any atom is 0.416 e. The highest BCUT2D eigenvalue weighted by Crippen LogP contribution is 2.29. The van der Waals surface area contributed by atoms with Crippen LogP contribution in [0.15, 0.2) is 57.9 Å². The van der Waals surface area contributed by atoms with Gasteiger partial charge in [-0.3, -0.25) is 9.59 Å². The Balaban J connectivity index is 1.80. The lowest BCUT2D eigenvalue weighted by Gasteiger charge is -2.39. The van der Waals surface area contributed by atoms with Gasteiger partial charge in [-0.25, -0.2) is 8.42 Å². The Kier molecular flexibility index (Phi) is 7.49. The summed E-state index contributed by atoms with van der Waals surface area (Å²) >= 11 is 3.25. The van der Waals surface area contributed by atoms with Crippen molar-refractivity contribution in [1.29, 1.82) is 0 Å². The van der Waals surface area contributed by atoms with Crippen molar-refractivity contribution in [3.05, 3.63) is 64.1 Å². The second-order valence-corrected chi connectivity index (χ2v) is 10.3. The quantitative estimate of drug-likeness (QED) is 0.623. The van der Waals surface area contributed by atoms with Gasteiger partial charge in [0, 0.05) is 37.6 Å². The number of alkyl halides is 3. The topological polar surface area (TPSA) is 86.8 Å². The molecule has 0 aromatic heterocycles. The lowest BCUT2D eigenvalue weighted by Crippen LogP contribution is -2.61. The molecular formula is C21H21BrF3N3O4S. The summed E-state index contributed by atoms with van der Waals surface area (Å²) in [6, 6.07) is 9.06. The average Bonchev–Trinajstić information content (AvgIpc) is 2.77. The minimum atomic E-state index is -4.47. The van der Waals surface area contributed by atoms with Crippen molar-refractivity contribution in [2.45, 2.75) is 30.6 Å². The summed E-state index contributed by atoms with van der Waals surface area (Å²) in [5, 5.41) is 2.58. The molecule has 1 heterocycles. The Bertz CT molecular complexity index is 1120. The van der Waals surface area contributed by atoms with Gasteiger partial charge in [0.05, 0.1) is 10.5 Å². The lowest BCUT2D eigenvalue weighted by molar-refractivity contribution is -0.138. The second kappa shape index (κ2) is 9.82. The molecule has 1 unspecified atom stereocenters. The van der Waals surface area contributed by atoms with Gasteiger partial charge in [0.1, 0.15) is 6.04 Å². The summed E-state index contributed by atoms with van der Waals surface area (Å²) in [7, 11) is -4.04. The average molecular weight is 548 g/mol. The standard InChI is InChI=1S/C21H21BrF3N3O4S/c1-14(29)27-10-11-28(33(31,32)18-8-6-17(22)7-9-18)19(13-27)20(30)26-12-15-2-4-16(5-3-15)21(23,24)25/h2-9,19H,10-13H2,1H3,(H,26,30). The number of amides is 2. The second-order valence-electron chi connectivity index (χ2n) is 7.46. The molecular weight excluding hydrogens is 527 g/mol. The molecule has 3 rings (SSSR count). The fraction of sp³-hybridized carbons (Fsp3) is 0.333. The van der Waals surface area contributed by atoms with Gasteiger partial charge in [-0.1, -0.05) is 28.1 Å². The molecule has 1 aliphatic rings. The Morgan fingerprint density at radius 3 is 2.21 bits per heavy atom. The van der Waals surface area contributed by atoms with Crippen LogP contribution < -0.4 is 5.32 Å². The number of benzene rings is 2. The van der Waals surface area contributed by atoms with Gasteiger partial charge >= 0.3 is 6.18 Å². The van der Waals surface area contributed by atoms with E-state index in [0.717, 1.165) is 16.4 Å². The number of nitrogens with one attached hydrogen (secondary N) is 1. The maximum atomic E-state index is 13.2. The summed E-state index contributed by atoms with van der Waals surface area (Å²) in [6.45, 7) is 1.16. The van der Waals surface area contributed by atoms with E-state index in [0.29, 0.717) is 10.0 Å². The molecule has 12 heteroatoms. The Hall–Kier alpha value is -2.44. The normalized spacial score (nSPS) is 17.6. The van der Waals surface area contributed by atoms with Crippen molar-refractivity contribution >= 4 is 37.8 Å².